The summed E-state index contributed by atoms with van der Waals surface area (Å²) in [5, 5.41) is 95.4. The van der Waals surface area contributed by atoms with E-state index in [0.717, 1.165) is 45.1 Å². The lowest BCUT2D eigenvalue weighted by Crippen LogP contribution is -2.64. The lowest BCUT2D eigenvalue weighted by Gasteiger charge is -2.58. The standard InChI is InChI=1S/C45H72O17/c1-19-8-13-45(56-17-19)20(2)30-27(62-45)15-26-24-7-6-22-14-23(9-11-43(22,4)25(24)10-12-44(26,30)5)58-40-37(53)35(51)33(49)29(60-40)18-55-42-39(36(52)31(47)21(3)57-42)61-41-38(54)34(50)32(48)28(16-46)59-41/h6,19-21,23-42,46-54H,7-18H2,1-5H3/t19-,20-,21-,23-,24+,25-,26+,27-,28+,29+,30-,31-,32+,33+,34-,35-,36+,37+,38+,39+,40-,41+,42+,43-,44-,45+/m0/s1. The first-order chi connectivity index (χ1) is 29.4. The summed E-state index contributed by atoms with van der Waals surface area (Å²) in [4.78, 5) is 0. The largest absolute Gasteiger partial charge is 0.394 e. The van der Waals surface area contributed by atoms with Gasteiger partial charge >= 0.3 is 0 Å². The predicted molar refractivity (Wildman–Crippen MR) is 214 cm³/mol. The molecule has 0 aromatic carbocycles. The Bertz CT molecular complexity index is 1610. The maximum atomic E-state index is 11.1. The summed E-state index contributed by atoms with van der Waals surface area (Å²) in [6, 6.07) is 0. The lowest BCUT2D eigenvalue weighted by molar-refractivity contribution is -0.371. The lowest BCUT2D eigenvalue weighted by atomic mass is 9.47. The molecule has 17 nitrogen and oxygen atoms in total. The van der Waals surface area contributed by atoms with Crippen molar-refractivity contribution in [1.82, 2.24) is 0 Å². The average molecular weight is 885 g/mol. The van der Waals surface area contributed by atoms with Crippen LogP contribution in [0.5, 0.6) is 0 Å². The molecule has 354 valence electrons. The summed E-state index contributed by atoms with van der Waals surface area (Å²) in [6.07, 6.45) is -11.4. The maximum Gasteiger partial charge on any atom is 0.187 e. The van der Waals surface area contributed by atoms with Gasteiger partial charge in [-0.1, -0.05) is 39.3 Å². The Morgan fingerprint density at radius 3 is 2.10 bits per heavy atom. The second-order valence-electron chi connectivity index (χ2n) is 21.1. The van der Waals surface area contributed by atoms with Gasteiger partial charge in [0.15, 0.2) is 24.7 Å². The van der Waals surface area contributed by atoms with Crippen LogP contribution in [0.1, 0.15) is 92.4 Å². The first-order valence-corrected chi connectivity index (χ1v) is 23.4. The fraction of sp³-hybridized carbons (Fsp3) is 0.956. The zero-order valence-corrected chi connectivity index (χ0v) is 36.6. The second kappa shape index (κ2) is 17.3. The van der Waals surface area contributed by atoms with Crippen molar-refractivity contribution >= 4 is 0 Å². The van der Waals surface area contributed by atoms with Crippen molar-refractivity contribution in [1.29, 1.82) is 0 Å². The minimum Gasteiger partial charge on any atom is -0.394 e. The number of ether oxygens (including phenoxy) is 8. The van der Waals surface area contributed by atoms with E-state index in [0.29, 0.717) is 41.9 Å². The molecule has 0 bridgehead atoms. The highest BCUT2D eigenvalue weighted by Gasteiger charge is 2.69. The topological polar surface area (TPSA) is 256 Å². The quantitative estimate of drug-likeness (QED) is 0.148. The normalized spacial score (nSPS) is 57.6. The molecule has 0 amide bonds. The highest BCUT2D eigenvalue weighted by Crippen LogP contribution is 2.70. The van der Waals surface area contributed by atoms with E-state index in [1.807, 2.05) is 0 Å². The van der Waals surface area contributed by atoms with Crippen molar-refractivity contribution < 1.29 is 83.9 Å². The molecule has 1 spiro atoms. The monoisotopic (exact) mass is 884 g/mol. The van der Waals surface area contributed by atoms with Crippen LogP contribution in [0.2, 0.25) is 0 Å². The predicted octanol–water partition coefficient (Wildman–Crippen LogP) is 0.214. The number of aliphatic hydroxyl groups is 9. The van der Waals surface area contributed by atoms with E-state index in [4.69, 9.17) is 37.9 Å². The molecule has 0 radical (unpaired) electrons. The van der Waals surface area contributed by atoms with Gasteiger partial charge in [-0.25, -0.2) is 0 Å². The van der Waals surface area contributed by atoms with E-state index in [1.165, 1.54) is 25.3 Å². The van der Waals surface area contributed by atoms with E-state index >= 15 is 0 Å². The minimum atomic E-state index is -1.81. The number of hydrogen-bond donors (Lipinski definition) is 9. The van der Waals surface area contributed by atoms with E-state index in [2.05, 4.69) is 33.8 Å². The van der Waals surface area contributed by atoms with Crippen LogP contribution in [0.4, 0.5) is 0 Å². The molecule has 0 aromatic rings. The molecule has 0 unspecified atom stereocenters. The molecule has 5 aliphatic heterocycles. The first-order valence-electron chi connectivity index (χ1n) is 23.4. The van der Waals surface area contributed by atoms with Crippen molar-refractivity contribution in [3.63, 3.8) is 0 Å². The molecule has 5 saturated heterocycles. The summed E-state index contributed by atoms with van der Waals surface area (Å²) in [5.74, 6) is 2.73. The molecule has 9 rings (SSSR count). The van der Waals surface area contributed by atoms with Crippen LogP contribution in [-0.4, -0.2) is 176 Å². The van der Waals surface area contributed by atoms with Crippen molar-refractivity contribution in [3.05, 3.63) is 11.6 Å². The molecule has 0 aromatic heterocycles. The van der Waals surface area contributed by atoms with Gasteiger partial charge in [0.05, 0.1) is 38.1 Å². The summed E-state index contributed by atoms with van der Waals surface area (Å²) in [7, 11) is 0. The van der Waals surface area contributed by atoms with Crippen molar-refractivity contribution in [2.45, 2.75) is 203 Å². The van der Waals surface area contributed by atoms with Gasteiger partial charge in [0, 0.05) is 12.3 Å². The van der Waals surface area contributed by atoms with Crippen LogP contribution in [0.15, 0.2) is 11.6 Å². The molecule has 5 heterocycles. The van der Waals surface area contributed by atoms with E-state index in [1.54, 1.807) is 0 Å². The highest BCUT2D eigenvalue weighted by atomic mass is 16.8. The van der Waals surface area contributed by atoms with Gasteiger partial charge in [-0.05, 0) is 98.7 Å². The fourth-order valence-corrected chi connectivity index (χ4v) is 13.9. The number of hydrogen-bond acceptors (Lipinski definition) is 17. The number of fused-ring (bicyclic) bond motifs is 7. The van der Waals surface area contributed by atoms with Gasteiger partial charge in [-0.2, -0.15) is 0 Å². The third-order valence-electron chi connectivity index (χ3n) is 17.7. The Morgan fingerprint density at radius 1 is 0.710 bits per heavy atom. The van der Waals surface area contributed by atoms with Gasteiger partial charge in [0.1, 0.15) is 67.1 Å². The van der Waals surface area contributed by atoms with Gasteiger partial charge < -0.3 is 83.9 Å². The summed E-state index contributed by atoms with van der Waals surface area (Å²) in [6.45, 7) is 10.7. The third kappa shape index (κ3) is 7.58. The Balaban J connectivity index is 0.835. The minimum absolute atomic E-state index is 0.0136. The SMILES string of the molecule is C[C@H]1CC[C@@]2(OC1)O[C@H]1C[C@@H]3[C@@H]4CC=C5C[C@@H](O[C@H]6O[C@H](CO[C@@H]7O[C@@H](C)[C@H](O)[C@@H](O)[C@H]7O[C@H]7O[C@H](CO)[C@@H](O)[C@H](O)[C@H]7O)[C@@H](O)[C@H](O)[C@H]6O)CC[C@]5(C)[C@H]4CC[C@]3(C)[C@H]1[C@@H]2C. The Kier molecular flexibility index (Phi) is 12.9. The number of allylic oxidation sites excluding steroid dienone is 1. The summed E-state index contributed by atoms with van der Waals surface area (Å²) < 4.78 is 49.0. The van der Waals surface area contributed by atoms with Crippen molar-refractivity contribution in [3.8, 4) is 0 Å². The summed E-state index contributed by atoms with van der Waals surface area (Å²) >= 11 is 0. The molecular formula is C45H72O17. The van der Waals surface area contributed by atoms with Crippen LogP contribution in [0.25, 0.3) is 0 Å². The molecule has 17 heteroatoms. The Morgan fingerprint density at radius 2 is 1.40 bits per heavy atom. The molecule has 9 N–H and O–H groups in total. The molecular weight excluding hydrogens is 812 g/mol. The zero-order valence-electron chi connectivity index (χ0n) is 36.6. The highest BCUT2D eigenvalue weighted by molar-refractivity contribution is 5.26. The van der Waals surface area contributed by atoms with Crippen LogP contribution in [-0.2, 0) is 37.9 Å². The van der Waals surface area contributed by atoms with Crippen LogP contribution < -0.4 is 0 Å². The third-order valence-corrected chi connectivity index (χ3v) is 17.7. The average Bonchev–Trinajstić information content (AvgIpc) is 3.70. The van der Waals surface area contributed by atoms with Crippen LogP contribution in [0, 0.1) is 46.3 Å². The molecule has 62 heavy (non-hydrogen) atoms. The van der Waals surface area contributed by atoms with E-state index < -0.39 is 111 Å². The Labute approximate surface area is 363 Å². The van der Waals surface area contributed by atoms with Gasteiger partial charge in [0.2, 0.25) is 0 Å². The molecule has 8 fully saturated rings. The van der Waals surface area contributed by atoms with Crippen molar-refractivity contribution in [2.24, 2.45) is 46.3 Å². The Hall–Kier alpha value is -0.940. The van der Waals surface area contributed by atoms with Crippen molar-refractivity contribution in [2.75, 3.05) is 19.8 Å². The second-order valence-corrected chi connectivity index (χ2v) is 21.1. The molecule has 4 aliphatic carbocycles. The van der Waals surface area contributed by atoms with E-state index in [9.17, 15) is 46.0 Å². The van der Waals surface area contributed by atoms with Gasteiger partial charge in [-0.15, -0.1) is 0 Å². The van der Waals surface area contributed by atoms with Crippen LogP contribution in [0.3, 0.4) is 0 Å². The first kappa shape index (κ1) is 46.2. The summed E-state index contributed by atoms with van der Waals surface area (Å²) in [5.41, 5.74) is 1.59. The number of aliphatic hydroxyl groups excluding tert-OH is 9. The molecule has 3 saturated carbocycles. The molecule has 26 atom stereocenters. The zero-order chi connectivity index (χ0) is 44.2. The number of rotatable bonds is 8. The fourth-order valence-electron chi connectivity index (χ4n) is 13.9. The van der Waals surface area contributed by atoms with E-state index in [-0.39, 0.29) is 23.0 Å². The van der Waals surface area contributed by atoms with Gasteiger partial charge in [0.25, 0.3) is 0 Å². The molecule has 9 aliphatic rings. The maximum absolute atomic E-state index is 11.1. The van der Waals surface area contributed by atoms with Gasteiger partial charge in [-0.3, -0.25) is 0 Å². The smallest absolute Gasteiger partial charge is 0.187 e. The van der Waals surface area contributed by atoms with Crippen LogP contribution >= 0.6 is 0 Å².